The van der Waals surface area contributed by atoms with Crippen LogP contribution in [0.3, 0.4) is 0 Å². The van der Waals surface area contributed by atoms with Gasteiger partial charge < -0.3 is 15.5 Å². The highest BCUT2D eigenvalue weighted by atomic mass is 16.2. The van der Waals surface area contributed by atoms with E-state index in [2.05, 4.69) is 53.7 Å². The van der Waals surface area contributed by atoms with Gasteiger partial charge in [0.15, 0.2) is 5.96 Å². The molecule has 1 heterocycles. The van der Waals surface area contributed by atoms with Crippen molar-refractivity contribution in [3.63, 3.8) is 0 Å². The highest BCUT2D eigenvalue weighted by Crippen LogP contribution is 2.14. The molecule has 5 nitrogen and oxygen atoms in total. The van der Waals surface area contributed by atoms with E-state index >= 15 is 0 Å². The third-order valence-electron chi connectivity index (χ3n) is 4.75. The van der Waals surface area contributed by atoms with E-state index in [1.165, 1.54) is 30.4 Å². The summed E-state index contributed by atoms with van der Waals surface area (Å²) in [6.45, 7) is 7.85. The van der Waals surface area contributed by atoms with Crippen LogP contribution >= 0.6 is 0 Å². The number of likely N-dealkylation sites (tertiary alicyclic amines) is 1. The monoisotopic (exact) mass is 358 g/mol. The molecule has 0 spiro atoms. The molecule has 0 bridgehead atoms. The maximum absolute atomic E-state index is 11.7. The van der Waals surface area contributed by atoms with Crippen molar-refractivity contribution in [2.75, 3.05) is 20.1 Å². The lowest BCUT2D eigenvalue weighted by Crippen LogP contribution is -2.37. The number of nitrogens with one attached hydrogen (secondary N) is 2. The molecule has 0 atom stereocenters. The van der Waals surface area contributed by atoms with Gasteiger partial charge in [-0.05, 0) is 29.9 Å². The maximum Gasteiger partial charge on any atom is 0.222 e. The molecule has 1 aromatic rings. The quantitative estimate of drug-likeness (QED) is 0.404. The second-order valence-electron chi connectivity index (χ2n) is 7.48. The number of amides is 1. The molecule has 1 aliphatic rings. The Morgan fingerprint density at radius 2 is 1.88 bits per heavy atom. The van der Waals surface area contributed by atoms with E-state index in [0.29, 0.717) is 6.42 Å². The van der Waals surface area contributed by atoms with Crippen LogP contribution in [0.25, 0.3) is 0 Å². The predicted octanol–water partition coefficient (Wildman–Crippen LogP) is 3.30. The fourth-order valence-electron chi connectivity index (χ4n) is 3.14. The molecule has 1 aliphatic heterocycles. The predicted molar refractivity (Wildman–Crippen MR) is 108 cm³/mol. The van der Waals surface area contributed by atoms with E-state index in [1.54, 1.807) is 7.05 Å². The number of rotatable bonds is 9. The first-order chi connectivity index (χ1) is 12.6. The minimum Gasteiger partial charge on any atom is -0.356 e. The van der Waals surface area contributed by atoms with Gasteiger partial charge in [-0.2, -0.15) is 0 Å². The van der Waals surface area contributed by atoms with Gasteiger partial charge in [-0.1, -0.05) is 51.0 Å². The van der Waals surface area contributed by atoms with Crippen molar-refractivity contribution in [2.45, 2.75) is 59.0 Å². The maximum atomic E-state index is 11.7. The Hall–Kier alpha value is -2.04. The van der Waals surface area contributed by atoms with E-state index in [4.69, 9.17) is 0 Å². The summed E-state index contributed by atoms with van der Waals surface area (Å²) in [6, 6.07) is 8.48. The molecule has 0 unspecified atom stereocenters. The molecule has 144 valence electrons. The Bertz CT molecular complexity index is 580. The van der Waals surface area contributed by atoms with Gasteiger partial charge in [0, 0.05) is 39.6 Å². The van der Waals surface area contributed by atoms with E-state index in [9.17, 15) is 4.79 Å². The third-order valence-corrected chi connectivity index (χ3v) is 4.75. The number of unbranched alkanes of at least 4 members (excludes halogenated alkanes) is 1. The Labute approximate surface area is 158 Å². The van der Waals surface area contributed by atoms with E-state index in [-0.39, 0.29) is 5.91 Å². The van der Waals surface area contributed by atoms with E-state index < -0.39 is 0 Å². The first kappa shape index (κ1) is 20.3. The van der Waals surface area contributed by atoms with Gasteiger partial charge >= 0.3 is 0 Å². The number of aliphatic imine (C=N–C) groups is 1. The molecule has 0 radical (unpaired) electrons. The third kappa shape index (κ3) is 7.06. The van der Waals surface area contributed by atoms with Gasteiger partial charge in [0.25, 0.3) is 0 Å². The van der Waals surface area contributed by atoms with E-state index in [0.717, 1.165) is 44.5 Å². The SMILES string of the molecule is CN=C(NCCCCC(C)C)NCc1ccc(CN2CCCC2=O)cc1. The molecule has 26 heavy (non-hydrogen) atoms. The molecule has 5 heteroatoms. The summed E-state index contributed by atoms with van der Waals surface area (Å²) in [5.41, 5.74) is 2.40. The summed E-state index contributed by atoms with van der Waals surface area (Å²) in [5, 5.41) is 6.73. The van der Waals surface area contributed by atoms with Crippen molar-refractivity contribution >= 4 is 11.9 Å². The molecule has 0 aliphatic carbocycles. The standard InChI is InChI=1S/C21H34N4O/c1-17(2)7-4-5-13-23-21(22-3)24-15-18-9-11-19(12-10-18)16-25-14-6-8-20(25)26/h9-12,17H,4-8,13-16H2,1-3H3,(H2,22,23,24). The second kappa shape index (κ2) is 10.8. The van der Waals surface area contributed by atoms with E-state index in [1.807, 2.05) is 4.90 Å². The van der Waals surface area contributed by atoms with Gasteiger partial charge in [0.05, 0.1) is 0 Å². The Morgan fingerprint density at radius 3 is 2.50 bits per heavy atom. The molecule has 1 fully saturated rings. The number of hydrogen-bond acceptors (Lipinski definition) is 2. The molecule has 2 N–H and O–H groups in total. The van der Waals surface area contributed by atoms with Gasteiger partial charge in [-0.15, -0.1) is 0 Å². The average Bonchev–Trinajstić information content (AvgIpc) is 3.03. The van der Waals surface area contributed by atoms with Crippen molar-refractivity contribution in [2.24, 2.45) is 10.9 Å². The van der Waals surface area contributed by atoms with Gasteiger partial charge in [-0.3, -0.25) is 9.79 Å². The first-order valence-corrected chi connectivity index (χ1v) is 9.88. The molecular weight excluding hydrogens is 324 g/mol. The Balaban J connectivity index is 1.69. The van der Waals surface area contributed by atoms with Crippen molar-refractivity contribution in [3.05, 3.63) is 35.4 Å². The normalized spacial score (nSPS) is 15.0. The van der Waals surface area contributed by atoms with Crippen LogP contribution in [0.5, 0.6) is 0 Å². The van der Waals surface area contributed by atoms with Gasteiger partial charge in [0.1, 0.15) is 0 Å². The number of nitrogens with zero attached hydrogens (tertiary/aromatic N) is 2. The lowest BCUT2D eigenvalue weighted by molar-refractivity contribution is -0.128. The zero-order valence-electron chi connectivity index (χ0n) is 16.6. The summed E-state index contributed by atoms with van der Waals surface area (Å²) in [4.78, 5) is 17.9. The summed E-state index contributed by atoms with van der Waals surface area (Å²) < 4.78 is 0. The van der Waals surface area contributed by atoms with Crippen LogP contribution in [0.2, 0.25) is 0 Å². The second-order valence-corrected chi connectivity index (χ2v) is 7.48. The molecule has 1 amide bonds. The zero-order chi connectivity index (χ0) is 18.8. The van der Waals surface area contributed by atoms with Crippen LogP contribution in [0.4, 0.5) is 0 Å². The van der Waals surface area contributed by atoms with Crippen molar-refractivity contribution in [1.29, 1.82) is 0 Å². The van der Waals surface area contributed by atoms with Crippen LogP contribution in [0.15, 0.2) is 29.3 Å². The molecule has 2 rings (SSSR count). The highest BCUT2D eigenvalue weighted by Gasteiger charge is 2.19. The highest BCUT2D eigenvalue weighted by molar-refractivity contribution is 5.79. The van der Waals surface area contributed by atoms with Crippen LogP contribution in [-0.2, 0) is 17.9 Å². The van der Waals surface area contributed by atoms with Crippen LogP contribution in [-0.4, -0.2) is 36.9 Å². The number of benzene rings is 1. The topological polar surface area (TPSA) is 56.7 Å². The fraction of sp³-hybridized carbons (Fsp3) is 0.619. The van der Waals surface area contributed by atoms with Gasteiger partial charge in [0.2, 0.25) is 5.91 Å². The lowest BCUT2D eigenvalue weighted by atomic mass is 10.1. The van der Waals surface area contributed by atoms with Crippen molar-refractivity contribution in [3.8, 4) is 0 Å². The number of hydrogen-bond donors (Lipinski definition) is 2. The first-order valence-electron chi connectivity index (χ1n) is 9.88. The zero-order valence-corrected chi connectivity index (χ0v) is 16.6. The molecule has 1 saturated heterocycles. The number of guanidine groups is 1. The molecular formula is C21H34N4O. The Morgan fingerprint density at radius 1 is 1.15 bits per heavy atom. The van der Waals surface area contributed by atoms with Gasteiger partial charge in [-0.25, -0.2) is 0 Å². The smallest absolute Gasteiger partial charge is 0.222 e. The van der Waals surface area contributed by atoms with Crippen molar-refractivity contribution in [1.82, 2.24) is 15.5 Å². The average molecular weight is 359 g/mol. The molecule has 1 aromatic carbocycles. The lowest BCUT2D eigenvalue weighted by Gasteiger charge is -2.16. The van der Waals surface area contributed by atoms with Crippen molar-refractivity contribution < 1.29 is 4.79 Å². The summed E-state index contributed by atoms with van der Waals surface area (Å²) >= 11 is 0. The number of carbonyl (C=O) groups excluding carboxylic acids is 1. The largest absolute Gasteiger partial charge is 0.356 e. The van der Waals surface area contributed by atoms with Crippen LogP contribution < -0.4 is 10.6 Å². The molecule has 0 saturated carbocycles. The summed E-state index contributed by atoms with van der Waals surface area (Å²) in [5.74, 6) is 1.90. The van der Waals surface area contributed by atoms with Crippen LogP contribution in [0, 0.1) is 5.92 Å². The molecule has 0 aromatic heterocycles. The minimum absolute atomic E-state index is 0.277. The Kier molecular flexibility index (Phi) is 8.45. The fourth-order valence-corrected chi connectivity index (χ4v) is 3.14. The summed E-state index contributed by atoms with van der Waals surface area (Å²) in [6.07, 6.45) is 5.39. The van der Waals surface area contributed by atoms with Crippen LogP contribution in [0.1, 0.15) is 57.1 Å². The minimum atomic E-state index is 0.277. The summed E-state index contributed by atoms with van der Waals surface area (Å²) in [7, 11) is 1.81. The number of carbonyl (C=O) groups is 1.